The van der Waals surface area contributed by atoms with Crippen LogP contribution in [0.15, 0.2) is 22.7 Å². The lowest BCUT2D eigenvalue weighted by Crippen LogP contribution is -2.12. The van der Waals surface area contributed by atoms with Crippen molar-refractivity contribution in [3.8, 4) is 0 Å². The average Bonchev–Trinajstić information content (AvgIpc) is 2.86. The van der Waals surface area contributed by atoms with Gasteiger partial charge in [-0.05, 0) is 65.4 Å². The minimum absolute atomic E-state index is 0.122. The van der Waals surface area contributed by atoms with Crippen LogP contribution in [0.3, 0.4) is 0 Å². The number of hydrogen-bond acceptors (Lipinski definition) is 2. The summed E-state index contributed by atoms with van der Waals surface area (Å²) in [5, 5.41) is 0. The first-order chi connectivity index (χ1) is 9.56. The molecule has 0 saturated carbocycles. The highest BCUT2D eigenvalue weighted by Crippen LogP contribution is 2.35. The van der Waals surface area contributed by atoms with Crippen LogP contribution in [0.1, 0.15) is 39.8 Å². The van der Waals surface area contributed by atoms with E-state index in [9.17, 15) is 8.78 Å². The predicted molar refractivity (Wildman–Crippen MR) is 81.0 cm³/mol. The fourth-order valence-corrected chi connectivity index (χ4v) is 4.19. The van der Waals surface area contributed by atoms with Crippen LogP contribution in [0, 0.1) is 11.6 Å². The van der Waals surface area contributed by atoms with Crippen LogP contribution >= 0.6 is 27.3 Å². The molecule has 1 heterocycles. The van der Waals surface area contributed by atoms with Crippen molar-refractivity contribution in [1.82, 2.24) is 0 Å². The summed E-state index contributed by atoms with van der Waals surface area (Å²) >= 11 is 4.61. The highest BCUT2D eigenvalue weighted by molar-refractivity contribution is 9.10. The maximum atomic E-state index is 14.0. The summed E-state index contributed by atoms with van der Waals surface area (Å²) < 4.78 is 27.7. The molecule has 20 heavy (non-hydrogen) atoms. The zero-order chi connectivity index (χ0) is 14.3. The molecule has 0 saturated heterocycles. The molecule has 0 spiro atoms. The molecular formula is C15H14BrF2NS. The van der Waals surface area contributed by atoms with Crippen molar-refractivity contribution >= 4 is 27.3 Å². The molecule has 106 valence electrons. The normalized spacial score (nSPS) is 16.0. The van der Waals surface area contributed by atoms with Gasteiger partial charge in [0.1, 0.15) is 11.6 Å². The summed E-state index contributed by atoms with van der Waals surface area (Å²) in [6.07, 6.45) is 4.53. The van der Waals surface area contributed by atoms with Gasteiger partial charge < -0.3 is 5.73 Å². The Morgan fingerprint density at radius 1 is 1.10 bits per heavy atom. The molecule has 3 rings (SSSR count). The topological polar surface area (TPSA) is 26.0 Å². The number of thiophene rings is 1. The van der Waals surface area contributed by atoms with Gasteiger partial charge in [0.2, 0.25) is 0 Å². The minimum atomic E-state index is -0.604. The van der Waals surface area contributed by atoms with Crippen molar-refractivity contribution in [2.24, 2.45) is 5.73 Å². The van der Waals surface area contributed by atoms with Crippen LogP contribution in [-0.2, 0) is 12.8 Å². The van der Waals surface area contributed by atoms with E-state index >= 15 is 0 Å². The minimum Gasteiger partial charge on any atom is -0.320 e. The summed E-state index contributed by atoms with van der Waals surface area (Å²) in [6, 6.07) is 3.78. The summed E-state index contributed by atoms with van der Waals surface area (Å²) in [7, 11) is 0. The molecule has 1 aromatic carbocycles. The SMILES string of the molecule is NC(c1cc2c(s1)CCCC2)c1cc(F)c(Br)cc1F. The Labute approximate surface area is 128 Å². The third-order valence-corrected chi connectivity index (χ3v) is 5.62. The molecule has 1 nitrogen and oxygen atoms in total. The highest BCUT2D eigenvalue weighted by Gasteiger charge is 2.21. The van der Waals surface area contributed by atoms with Crippen LogP contribution < -0.4 is 5.73 Å². The molecule has 0 aliphatic heterocycles. The second kappa shape index (κ2) is 5.54. The summed E-state index contributed by atoms with van der Waals surface area (Å²) in [6.45, 7) is 0. The molecule has 1 aliphatic carbocycles. The van der Waals surface area contributed by atoms with Crippen molar-refractivity contribution in [3.63, 3.8) is 0 Å². The van der Waals surface area contributed by atoms with E-state index in [-0.39, 0.29) is 10.0 Å². The van der Waals surface area contributed by atoms with Gasteiger partial charge in [-0.15, -0.1) is 11.3 Å². The van der Waals surface area contributed by atoms with Crippen molar-refractivity contribution < 1.29 is 8.78 Å². The van der Waals surface area contributed by atoms with Crippen molar-refractivity contribution in [2.45, 2.75) is 31.7 Å². The van der Waals surface area contributed by atoms with E-state index in [0.717, 1.165) is 23.8 Å². The molecule has 2 aromatic rings. The molecule has 1 aliphatic rings. The maximum Gasteiger partial charge on any atom is 0.137 e. The van der Waals surface area contributed by atoms with E-state index < -0.39 is 17.7 Å². The average molecular weight is 358 g/mol. The van der Waals surface area contributed by atoms with Crippen molar-refractivity contribution in [2.75, 3.05) is 0 Å². The molecule has 1 atom stereocenters. The van der Waals surface area contributed by atoms with Crippen LogP contribution in [0.2, 0.25) is 0 Å². The number of rotatable bonds is 2. The van der Waals surface area contributed by atoms with Gasteiger partial charge in [0, 0.05) is 15.3 Å². The predicted octanol–water partition coefficient (Wildman–Crippen LogP) is 4.72. The lowest BCUT2D eigenvalue weighted by molar-refractivity contribution is 0.573. The quantitative estimate of drug-likeness (QED) is 0.773. The molecule has 2 N–H and O–H groups in total. The zero-order valence-electron chi connectivity index (χ0n) is 10.8. The fourth-order valence-electron chi connectivity index (χ4n) is 2.60. The Morgan fingerprint density at radius 2 is 1.85 bits per heavy atom. The van der Waals surface area contributed by atoms with Crippen molar-refractivity contribution in [3.05, 3.63) is 55.2 Å². The number of fused-ring (bicyclic) bond motifs is 1. The van der Waals surface area contributed by atoms with Crippen LogP contribution in [0.4, 0.5) is 8.78 Å². The Kier molecular flexibility index (Phi) is 3.93. The molecule has 0 amide bonds. The fraction of sp³-hybridized carbons (Fsp3) is 0.333. The van der Waals surface area contributed by atoms with Crippen molar-refractivity contribution in [1.29, 1.82) is 0 Å². The summed E-state index contributed by atoms with van der Waals surface area (Å²) in [5.41, 5.74) is 7.67. The Balaban J connectivity index is 1.98. The van der Waals surface area contributed by atoms with E-state index in [1.165, 1.54) is 29.3 Å². The largest absolute Gasteiger partial charge is 0.320 e. The third kappa shape index (κ3) is 2.54. The summed E-state index contributed by atoms with van der Waals surface area (Å²) in [4.78, 5) is 2.26. The van der Waals surface area contributed by atoms with E-state index in [2.05, 4.69) is 22.0 Å². The van der Waals surface area contributed by atoms with Gasteiger partial charge in [-0.1, -0.05) is 0 Å². The Morgan fingerprint density at radius 3 is 2.60 bits per heavy atom. The van der Waals surface area contributed by atoms with Crippen LogP contribution in [0.25, 0.3) is 0 Å². The first-order valence-corrected chi connectivity index (χ1v) is 8.18. The lowest BCUT2D eigenvalue weighted by atomic mass is 9.98. The van der Waals surface area contributed by atoms with Crippen LogP contribution in [0.5, 0.6) is 0 Å². The number of benzene rings is 1. The van der Waals surface area contributed by atoms with E-state index in [1.54, 1.807) is 11.3 Å². The number of aryl methyl sites for hydroxylation is 2. The van der Waals surface area contributed by atoms with E-state index in [4.69, 9.17) is 5.73 Å². The molecule has 1 unspecified atom stereocenters. The second-order valence-electron chi connectivity index (χ2n) is 5.07. The van der Waals surface area contributed by atoms with Gasteiger partial charge in [-0.2, -0.15) is 0 Å². The van der Waals surface area contributed by atoms with E-state index in [1.807, 2.05) is 0 Å². The van der Waals surface area contributed by atoms with Gasteiger partial charge in [0.25, 0.3) is 0 Å². The van der Waals surface area contributed by atoms with Crippen LogP contribution in [-0.4, -0.2) is 0 Å². The first kappa shape index (κ1) is 14.2. The molecular weight excluding hydrogens is 344 g/mol. The standard InChI is InChI=1S/C15H14BrF2NS/c16-10-7-11(17)9(6-12(10)18)15(19)14-5-8-3-1-2-4-13(8)20-14/h5-7,15H,1-4,19H2. The lowest BCUT2D eigenvalue weighted by Gasteiger charge is -2.12. The van der Waals surface area contributed by atoms with E-state index in [0.29, 0.717) is 0 Å². The number of halogens is 3. The van der Waals surface area contributed by atoms with Gasteiger partial charge in [-0.25, -0.2) is 8.78 Å². The maximum absolute atomic E-state index is 14.0. The van der Waals surface area contributed by atoms with Gasteiger partial charge in [-0.3, -0.25) is 0 Å². The second-order valence-corrected chi connectivity index (χ2v) is 7.09. The molecule has 1 aromatic heterocycles. The Bertz CT molecular complexity index is 630. The molecule has 0 bridgehead atoms. The molecule has 5 heteroatoms. The number of nitrogens with two attached hydrogens (primary N) is 1. The van der Waals surface area contributed by atoms with Gasteiger partial charge in [0.15, 0.2) is 0 Å². The smallest absolute Gasteiger partial charge is 0.137 e. The Hall–Kier alpha value is -0.780. The monoisotopic (exact) mass is 357 g/mol. The zero-order valence-corrected chi connectivity index (χ0v) is 13.2. The third-order valence-electron chi connectivity index (χ3n) is 3.70. The van der Waals surface area contributed by atoms with Gasteiger partial charge >= 0.3 is 0 Å². The molecule has 0 fully saturated rings. The highest BCUT2D eigenvalue weighted by atomic mass is 79.9. The molecule has 0 radical (unpaired) electrons. The van der Waals surface area contributed by atoms with Gasteiger partial charge in [0.05, 0.1) is 10.5 Å². The summed E-state index contributed by atoms with van der Waals surface area (Å²) in [5.74, 6) is -0.963. The number of hydrogen-bond donors (Lipinski definition) is 1. The first-order valence-electron chi connectivity index (χ1n) is 6.58.